The first kappa shape index (κ1) is 11.2. The zero-order chi connectivity index (χ0) is 6.57. The van der Waals surface area contributed by atoms with Gasteiger partial charge in [0.25, 0.3) is 5.97 Å². The number of carboxylic acids is 2. The van der Waals surface area contributed by atoms with E-state index in [-0.39, 0.29) is 18.9 Å². The first-order valence-corrected chi connectivity index (χ1v) is 1.91. The Morgan fingerprint density at radius 2 is 1.78 bits per heavy atom. The van der Waals surface area contributed by atoms with E-state index in [2.05, 4.69) is 0 Å². The van der Waals surface area contributed by atoms with E-state index in [9.17, 15) is 9.59 Å². The fraction of sp³-hybridized carbons (Fsp3) is 0.250. The van der Waals surface area contributed by atoms with Gasteiger partial charge in [0.15, 0.2) is 5.97 Å². The van der Waals surface area contributed by atoms with E-state index >= 15 is 0 Å². The van der Waals surface area contributed by atoms with Crippen molar-refractivity contribution in [1.82, 2.24) is 0 Å². The summed E-state index contributed by atoms with van der Waals surface area (Å²) in [5.74, 6) is -2.33. The van der Waals surface area contributed by atoms with Gasteiger partial charge in [0.2, 0.25) is 0 Å². The molecule has 5 heteroatoms. The van der Waals surface area contributed by atoms with E-state index in [1.165, 1.54) is 0 Å². The van der Waals surface area contributed by atoms with Crippen molar-refractivity contribution in [1.29, 1.82) is 0 Å². The van der Waals surface area contributed by atoms with Crippen molar-refractivity contribution in [2.24, 2.45) is 0 Å². The van der Waals surface area contributed by atoms with Gasteiger partial charge in [-0.25, -0.2) is 0 Å². The van der Waals surface area contributed by atoms with Gasteiger partial charge in [0, 0.05) is 0 Å². The van der Waals surface area contributed by atoms with Crippen molar-refractivity contribution >= 4 is 11.9 Å². The second-order valence-corrected chi connectivity index (χ2v) is 1.14. The predicted octanol–water partition coefficient (Wildman–Crippen LogP) is -3.25. The molecule has 0 saturated heterocycles. The Morgan fingerprint density at radius 3 is 1.89 bits per heavy atom. The first-order valence-electron chi connectivity index (χ1n) is 1.91. The molecule has 0 aliphatic carbocycles. The molecular weight excluding hydrogens is 119 g/mol. The molecule has 46 valence electrons. The molecule has 0 amide bonds. The van der Waals surface area contributed by atoms with Crippen LogP contribution >= 0.6 is 0 Å². The summed E-state index contributed by atoms with van der Waals surface area (Å²) in [7, 11) is 0. The minimum atomic E-state index is -1.20. The molecule has 4 nitrogen and oxygen atoms in total. The number of carboxylic acid groups (broad SMARTS) is 2. The average Bonchev–Trinajstić information content (AvgIpc) is 1.61. The van der Waals surface area contributed by atoms with Gasteiger partial charge >= 0.3 is 18.9 Å². The van der Waals surface area contributed by atoms with Crippen molar-refractivity contribution in [3.05, 3.63) is 6.42 Å². The standard InChI is InChI=1S/C4H5O4.Li/c5-3(6)1-2-4(7)8;/h1H,2H2,(H,5,6)(H,7,8);/q-1;+1. The summed E-state index contributed by atoms with van der Waals surface area (Å²) in [6.07, 6.45) is 0.262. The van der Waals surface area contributed by atoms with Crippen LogP contribution in [-0.2, 0) is 9.59 Å². The third-order valence-electron chi connectivity index (χ3n) is 0.451. The van der Waals surface area contributed by atoms with E-state index in [4.69, 9.17) is 10.2 Å². The summed E-state index contributed by atoms with van der Waals surface area (Å²) in [5.41, 5.74) is 0. The summed E-state index contributed by atoms with van der Waals surface area (Å²) < 4.78 is 0. The molecule has 0 radical (unpaired) electrons. The Balaban J connectivity index is 0. The van der Waals surface area contributed by atoms with Crippen LogP contribution in [0, 0.1) is 6.42 Å². The molecule has 0 unspecified atom stereocenters. The number of carbonyl (C=O) groups is 2. The van der Waals surface area contributed by atoms with Crippen molar-refractivity contribution in [2.45, 2.75) is 6.42 Å². The molecule has 0 aliphatic rings. The molecule has 0 heterocycles. The molecule has 0 aromatic heterocycles. The Bertz CT molecular complexity index is 97.1. The van der Waals surface area contributed by atoms with Crippen LogP contribution in [0.1, 0.15) is 6.42 Å². The summed E-state index contributed by atoms with van der Waals surface area (Å²) in [6.45, 7) is 0. The molecule has 0 aliphatic heterocycles. The topological polar surface area (TPSA) is 74.6 Å². The molecule has 9 heavy (non-hydrogen) atoms. The monoisotopic (exact) mass is 124 g/mol. The number of hydrogen-bond donors (Lipinski definition) is 2. The van der Waals surface area contributed by atoms with E-state index in [0.29, 0.717) is 6.42 Å². The van der Waals surface area contributed by atoms with Crippen LogP contribution in [0.25, 0.3) is 0 Å². The summed E-state index contributed by atoms with van der Waals surface area (Å²) in [5, 5.41) is 15.7. The van der Waals surface area contributed by atoms with Crippen LogP contribution < -0.4 is 18.9 Å². The van der Waals surface area contributed by atoms with E-state index in [0.717, 1.165) is 0 Å². The maximum absolute atomic E-state index is 9.61. The van der Waals surface area contributed by atoms with Crippen LogP contribution in [0.3, 0.4) is 0 Å². The Labute approximate surface area is 64.0 Å². The Hall–Kier alpha value is -0.593. The summed E-state index contributed by atoms with van der Waals surface area (Å²) in [4.78, 5) is 19.2. The average molecular weight is 124 g/mol. The van der Waals surface area contributed by atoms with Crippen LogP contribution in [-0.4, -0.2) is 22.2 Å². The van der Waals surface area contributed by atoms with Gasteiger partial charge in [-0.15, -0.1) is 0 Å². The van der Waals surface area contributed by atoms with Crippen molar-refractivity contribution in [3.63, 3.8) is 0 Å². The molecule has 0 bridgehead atoms. The van der Waals surface area contributed by atoms with Gasteiger partial charge < -0.3 is 10.2 Å². The van der Waals surface area contributed by atoms with Crippen LogP contribution in [0.2, 0.25) is 0 Å². The fourth-order valence-electron chi connectivity index (χ4n) is 0.175. The van der Waals surface area contributed by atoms with Crippen LogP contribution in [0.5, 0.6) is 0 Å². The molecule has 0 fully saturated rings. The number of aliphatic carboxylic acids is 2. The third kappa shape index (κ3) is 11.2. The van der Waals surface area contributed by atoms with Gasteiger partial charge in [-0.05, 0) is 0 Å². The van der Waals surface area contributed by atoms with E-state index in [1.807, 2.05) is 0 Å². The quantitative estimate of drug-likeness (QED) is 0.306. The SMILES string of the molecule is O=C(O)[CH-]CC(=O)O.[Li+]. The minimum absolute atomic E-state index is 0. The van der Waals surface area contributed by atoms with Gasteiger partial charge in [-0.1, -0.05) is 6.42 Å². The largest absolute Gasteiger partial charge is 1.00 e. The second kappa shape index (κ2) is 5.54. The van der Waals surface area contributed by atoms with Gasteiger partial charge in [-0.3, -0.25) is 16.0 Å². The zero-order valence-corrected chi connectivity index (χ0v) is 5.00. The predicted molar refractivity (Wildman–Crippen MR) is 24.2 cm³/mol. The smallest absolute Gasteiger partial charge is 0.503 e. The molecule has 0 spiro atoms. The van der Waals surface area contributed by atoms with E-state index < -0.39 is 18.4 Å². The van der Waals surface area contributed by atoms with Gasteiger partial charge in [-0.2, -0.15) is 0 Å². The van der Waals surface area contributed by atoms with E-state index in [1.54, 1.807) is 0 Å². The molecule has 0 aromatic carbocycles. The molecule has 0 atom stereocenters. The maximum atomic E-state index is 9.61. The molecule has 0 aromatic rings. The fourth-order valence-corrected chi connectivity index (χ4v) is 0.175. The van der Waals surface area contributed by atoms with Gasteiger partial charge in [0.1, 0.15) is 0 Å². The Morgan fingerprint density at radius 1 is 1.33 bits per heavy atom. The van der Waals surface area contributed by atoms with Crippen LogP contribution in [0.15, 0.2) is 0 Å². The first-order chi connectivity index (χ1) is 3.63. The summed E-state index contributed by atoms with van der Waals surface area (Å²) in [6, 6.07) is 0. The normalized spacial score (nSPS) is 7.11. The number of rotatable bonds is 3. The van der Waals surface area contributed by atoms with Crippen molar-refractivity contribution in [3.8, 4) is 0 Å². The molecule has 2 N–H and O–H groups in total. The third-order valence-corrected chi connectivity index (χ3v) is 0.451. The molecule has 0 rings (SSSR count). The minimum Gasteiger partial charge on any atom is -0.503 e. The second-order valence-electron chi connectivity index (χ2n) is 1.14. The van der Waals surface area contributed by atoms with Crippen molar-refractivity contribution in [2.75, 3.05) is 0 Å². The van der Waals surface area contributed by atoms with Crippen molar-refractivity contribution < 1.29 is 38.7 Å². The maximum Gasteiger partial charge on any atom is 1.00 e. The zero-order valence-electron chi connectivity index (χ0n) is 5.00. The van der Waals surface area contributed by atoms with Gasteiger partial charge in [0.05, 0.1) is 0 Å². The summed E-state index contributed by atoms with van der Waals surface area (Å²) >= 11 is 0. The Kier molecular flexibility index (Phi) is 6.92. The molecular formula is C4H5LiO4. The number of hydrogen-bond acceptors (Lipinski definition) is 2. The van der Waals surface area contributed by atoms with Crippen LogP contribution in [0.4, 0.5) is 0 Å². The molecule has 0 saturated carbocycles.